The molecule has 0 aromatic carbocycles. The minimum Gasteiger partial charge on any atom is -0.458 e. The van der Waals surface area contributed by atoms with Gasteiger partial charge in [0.25, 0.3) is 0 Å². The molecule has 0 radical (unpaired) electrons. The van der Waals surface area contributed by atoms with E-state index in [4.69, 9.17) is 42.6 Å². The van der Waals surface area contributed by atoms with E-state index in [0.717, 1.165) is 44.1 Å². The smallest absolute Gasteiger partial charge is 0.331 e. The molecule has 26 atom stereocenters. The Morgan fingerprint density at radius 3 is 1.77 bits per heavy atom. The first-order chi connectivity index (χ1) is 31.2. The third-order valence-electron chi connectivity index (χ3n) is 18.1. The van der Waals surface area contributed by atoms with Gasteiger partial charge < -0.3 is 88.6 Å². The van der Waals surface area contributed by atoms with Crippen LogP contribution < -0.4 is 0 Å². The van der Waals surface area contributed by atoms with Crippen molar-refractivity contribution in [1.82, 2.24) is 0 Å². The zero-order chi connectivity index (χ0) is 47.2. The van der Waals surface area contributed by atoms with Gasteiger partial charge in [-0.2, -0.15) is 0 Å². The van der Waals surface area contributed by atoms with Crippen molar-refractivity contribution in [2.45, 2.75) is 228 Å². The minimum absolute atomic E-state index is 0.0188. The van der Waals surface area contributed by atoms with Gasteiger partial charge in [0.05, 0.1) is 61.0 Å². The van der Waals surface area contributed by atoms with Gasteiger partial charge in [-0.1, -0.05) is 13.8 Å². The maximum absolute atomic E-state index is 12.6. The topological polar surface area (TPSA) is 282 Å². The summed E-state index contributed by atoms with van der Waals surface area (Å²) in [5.74, 6) is 0.0825. The molecule has 4 saturated heterocycles. The molecule has 5 heterocycles. The standard InChI is InChI=1S/C47H74O19/c1-20-41(64-36-16-30(50)42(21(2)60-36)65-37-17-31(51)43(22(3)61-37)66-44-40(56)39(55)38(54)32(18-48)63-44)29(49)15-35(59-20)62-25-8-10-45(4)24(13-25)6-7-27-28(45)14-33(52)46(5)26(9-11-47(27,46)57)23-12-34(53)58-19-23/h12,20-22,24-33,35-44,48-52,54-57H,6-11,13-19H2,1-5H3/t20-,21-,22-,24-,25+,26-,27?,28?,29+,30+,31+,32-,33-,35+,36+,37+,38-,39+,40-,41-,42-,43-,44+,45+,46+,47+/m1/s1. The maximum atomic E-state index is 12.6. The lowest BCUT2D eigenvalue weighted by Crippen LogP contribution is -2.67. The van der Waals surface area contributed by atoms with Crippen LogP contribution in [0, 0.1) is 34.5 Å². The largest absolute Gasteiger partial charge is 0.458 e. The number of hydrogen-bond acceptors (Lipinski definition) is 19. The molecule has 8 fully saturated rings. The third-order valence-corrected chi connectivity index (χ3v) is 18.1. The van der Waals surface area contributed by atoms with Crippen LogP contribution in [0.1, 0.15) is 105 Å². The van der Waals surface area contributed by atoms with Crippen molar-refractivity contribution in [2.75, 3.05) is 13.2 Å². The monoisotopic (exact) mass is 942 g/mol. The van der Waals surface area contributed by atoms with Crippen LogP contribution in [-0.2, 0) is 47.4 Å². The van der Waals surface area contributed by atoms with Crippen molar-refractivity contribution in [3.8, 4) is 0 Å². The van der Waals surface area contributed by atoms with Crippen LogP contribution in [0.4, 0.5) is 0 Å². The van der Waals surface area contributed by atoms with Crippen LogP contribution in [0.2, 0.25) is 0 Å². The maximum Gasteiger partial charge on any atom is 0.331 e. The molecule has 4 saturated carbocycles. The molecule has 9 rings (SSSR count). The molecule has 0 aromatic rings. The van der Waals surface area contributed by atoms with Crippen molar-refractivity contribution in [2.24, 2.45) is 34.5 Å². The van der Waals surface area contributed by atoms with E-state index in [0.29, 0.717) is 18.8 Å². The van der Waals surface area contributed by atoms with E-state index in [-0.39, 0.29) is 61.1 Å². The number of ether oxygens (including phenoxy) is 9. The zero-order valence-corrected chi connectivity index (χ0v) is 38.7. The highest BCUT2D eigenvalue weighted by Crippen LogP contribution is 2.70. The molecular formula is C47H74O19. The van der Waals surface area contributed by atoms with E-state index in [2.05, 4.69) is 6.92 Å². The fourth-order valence-electron chi connectivity index (χ4n) is 14.3. The van der Waals surface area contributed by atoms with Crippen LogP contribution >= 0.6 is 0 Å². The van der Waals surface area contributed by atoms with Crippen LogP contribution in [0.5, 0.6) is 0 Å². The van der Waals surface area contributed by atoms with Crippen molar-refractivity contribution in [3.63, 3.8) is 0 Å². The number of carbonyl (C=O) groups is 1. The first-order valence-corrected chi connectivity index (χ1v) is 24.5. The minimum atomic E-state index is -1.65. The average molecular weight is 943 g/mol. The summed E-state index contributed by atoms with van der Waals surface area (Å²) >= 11 is 0. The number of carbonyl (C=O) groups excluding carboxylic acids is 1. The van der Waals surface area contributed by atoms with Gasteiger partial charge in [-0.3, -0.25) is 0 Å². The SMILES string of the molecule is C[C@H]1O[C@@H](O[C@H]2CC[C@]3(C)C4C[C@@H](O)[C@]5(C)[C@@H](C6=CC(=O)OC6)CC[C@]5(O)C4CC[C@@H]3C2)C[C@H](O)[C@@H]1O[C@H]1C[C@H](O)[C@H](O[C@H]2C[C@H](O)[C@H](O[C@@H]3O[C@H](CO)[C@@H](O)[C@H](O)[C@H]3O)[C@@H](C)O2)[C@@H](C)O1. The molecule has 9 aliphatic rings. The predicted molar refractivity (Wildman–Crippen MR) is 225 cm³/mol. The number of esters is 1. The van der Waals surface area contributed by atoms with Crippen LogP contribution in [-0.4, -0.2) is 187 Å². The molecule has 0 aromatic heterocycles. The van der Waals surface area contributed by atoms with Gasteiger partial charge in [0.1, 0.15) is 49.3 Å². The van der Waals surface area contributed by atoms with E-state index < -0.39 is 128 Å². The second-order valence-corrected chi connectivity index (χ2v) is 21.6. The average Bonchev–Trinajstić information content (AvgIpc) is 3.82. The summed E-state index contributed by atoms with van der Waals surface area (Å²) in [6, 6.07) is 0. The number of aliphatic hydroxyl groups excluding tert-OH is 8. The van der Waals surface area contributed by atoms with Gasteiger partial charge in [-0.05, 0) is 107 Å². The second-order valence-electron chi connectivity index (χ2n) is 21.6. The number of fused-ring (bicyclic) bond motifs is 5. The Kier molecular flexibility index (Phi) is 14.2. The fraction of sp³-hybridized carbons (Fsp3) is 0.936. The number of aliphatic hydroxyl groups is 9. The zero-order valence-electron chi connectivity index (χ0n) is 38.7. The Labute approximate surface area is 385 Å². The first kappa shape index (κ1) is 49.5. The summed E-state index contributed by atoms with van der Waals surface area (Å²) in [6.45, 7) is 9.11. The summed E-state index contributed by atoms with van der Waals surface area (Å²) in [4.78, 5) is 12.0. The van der Waals surface area contributed by atoms with Crippen LogP contribution in [0.25, 0.3) is 0 Å². The normalized spacial score (nSPS) is 55.3. The molecule has 0 bridgehead atoms. The summed E-state index contributed by atoms with van der Waals surface area (Å²) in [7, 11) is 0. The predicted octanol–water partition coefficient (Wildman–Crippen LogP) is 0.0423. The lowest BCUT2D eigenvalue weighted by atomic mass is 9.42. The van der Waals surface area contributed by atoms with Crippen molar-refractivity contribution >= 4 is 5.97 Å². The van der Waals surface area contributed by atoms with Gasteiger partial charge in [0, 0.05) is 30.8 Å². The van der Waals surface area contributed by atoms with Gasteiger partial charge in [-0.15, -0.1) is 0 Å². The molecule has 4 aliphatic carbocycles. The second kappa shape index (κ2) is 18.9. The molecule has 19 heteroatoms. The lowest BCUT2D eigenvalue weighted by molar-refractivity contribution is -0.355. The van der Waals surface area contributed by atoms with E-state index in [9.17, 15) is 50.8 Å². The van der Waals surface area contributed by atoms with Gasteiger partial charge in [0.2, 0.25) is 0 Å². The Bertz CT molecular complexity index is 1720. The highest BCUT2D eigenvalue weighted by atomic mass is 16.8. The summed E-state index contributed by atoms with van der Waals surface area (Å²) < 4.78 is 53.9. The molecular weight excluding hydrogens is 868 g/mol. The van der Waals surface area contributed by atoms with Crippen LogP contribution in [0.15, 0.2) is 11.6 Å². The highest BCUT2D eigenvalue weighted by Gasteiger charge is 2.71. The quantitative estimate of drug-likeness (QED) is 0.103. The Balaban J connectivity index is 0.737. The number of hydrogen-bond donors (Lipinski definition) is 9. The van der Waals surface area contributed by atoms with Crippen molar-refractivity contribution in [1.29, 1.82) is 0 Å². The number of cyclic esters (lactones) is 1. The summed E-state index contributed by atoms with van der Waals surface area (Å²) in [5, 5.41) is 98.4. The fourth-order valence-corrected chi connectivity index (χ4v) is 14.3. The Morgan fingerprint density at radius 1 is 0.652 bits per heavy atom. The molecule has 9 N–H and O–H groups in total. The lowest BCUT2D eigenvalue weighted by Gasteiger charge is -2.65. The Hall–Kier alpha value is -1.47. The Morgan fingerprint density at radius 2 is 1.23 bits per heavy atom. The molecule has 66 heavy (non-hydrogen) atoms. The van der Waals surface area contributed by atoms with Gasteiger partial charge >= 0.3 is 5.97 Å². The van der Waals surface area contributed by atoms with E-state index in [1.54, 1.807) is 19.9 Å². The van der Waals surface area contributed by atoms with E-state index in [1.807, 2.05) is 13.8 Å². The third kappa shape index (κ3) is 8.64. The first-order valence-electron chi connectivity index (χ1n) is 24.5. The van der Waals surface area contributed by atoms with Crippen molar-refractivity contribution < 1.29 is 93.4 Å². The van der Waals surface area contributed by atoms with Crippen LogP contribution in [0.3, 0.4) is 0 Å². The highest BCUT2D eigenvalue weighted by molar-refractivity contribution is 5.85. The van der Waals surface area contributed by atoms with Gasteiger partial charge in [-0.25, -0.2) is 4.79 Å². The van der Waals surface area contributed by atoms with E-state index >= 15 is 0 Å². The molecule has 0 amide bonds. The van der Waals surface area contributed by atoms with Gasteiger partial charge in [0.15, 0.2) is 25.2 Å². The molecule has 2 unspecified atom stereocenters. The molecule has 5 aliphatic heterocycles. The number of rotatable bonds is 10. The van der Waals surface area contributed by atoms with Crippen molar-refractivity contribution in [3.05, 3.63) is 11.6 Å². The summed E-state index contributed by atoms with van der Waals surface area (Å²) in [5.41, 5.74) is -0.989. The molecule has 0 spiro atoms. The molecule has 376 valence electrons. The van der Waals surface area contributed by atoms with E-state index in [1.165, 1.54) is 0 Å². The summed E-state index contributed by atoms with van der Waals surface area (Å²) in [6.07, 6.45) is -10.8. The molecule has 19 nitrogen and oxygen atoms in total.